The van der Waals surface area contributed by atoms with Crippen molar-refractivity contribution in [2.75, 3.05) is 13.6 Å². The van der Waals surface area contributed by atoms with Crippen molar-refractivity contribution >= 4 is 5.91 Å². The molecule has 1 amide bonds. The molecule has 0 aliphatic rings. The Kier molecular flexibility index (Phi) is 5.06. The van der Waals surface area contributed by atoms with Gasteiger partial charge in [0.1, 0.15) is 6.54 Å². The number of carbonyl (C=O) groups is 1. The van der Waals surface area contributed by atoms with Crippen LogP contribution in [0.15, 0.2) is 15.8 Å². The molecule has 1 rings (SSSR count). The minimum atomic E-state index is -0.607. The highest BCUT2D eigenvalue weighted by Gasteiger charge is 2.11. The van der Waals surface area contributed by atoms with Crippen LogP contribution in [-0.4, -0.2) is 34.0 Å². The minimum absolute atomic E-state index is 0.148. The van der Waals surface area contributed by atoms with Gasteiger partial charge in [-0.1, -0.05) is 6.92 Å². The van der Waals surface area contributed by atoms with Crippen molar-refractivity contribution in [2.24, 2.45) is 0 Å². The first-order valence-corrected chi connectivity index (χ1v) is 5.93. The van der Waals surface area contributed by atoms with Gasteiger partial charge in [0.25, 0.3) is 5.56 Å². The maximum absolute atomic E-state index is 11.8. The summed E-state index contributed by atoms with van der Waals surface area (Å²) in [5, 5.41) is 8.45. The van der Waals surface area contributed by atoms with Gasteiger partial charge in [0.15, 0.2) is 0 Å². The second-order valence-corrected chi connectivity index (χ2v) is 4.12. The summed E-state index contributed by atoms with van der Waals surface area (Å²) in [6.07, 6.45) is 2.12. The molecule has 0 aromatic carbocycles. The lowest BCUT2D eigenvalue weighted by molar-refractivity contribution is -0.130. The Balaban J connectivity index is 2.88. The molecule has 0 bridgehead atoms. The summed E-state index contributed by atoms with van der Waals surface area (Å²) in [4.78, 5) is 38.3. The second kappa shape index (κ2) is 6.54. The van der Waals surface area contributed by atoms with Gasteiger partial charge in [0.2, 0.25) is 5.91 Å². The maximum atomic E-state index is 11.8. The summed E-state index contributed by atoms with van der Waals surface area (Å²) >= 11 is 0. The van der Waals surface area contributed by atoms with Crippen molar-refractivity contribution in [1.29, 1.82) is 5.26 Å². The van der Waals surface area contributed by atoms with Crippen molar-refractivity contribution in [1.82, 2.24) is 14.5 Å². The van der Waals surface area contributed by atoms with Gasteiger partial charge in [-0.15, -0.1) is 0 Å². The Morgan fingerprint density at radius 3 is 2.79 bits per heavy atom. The topological polar surface area (TPSA) is 99.0 Å². The number of nitrogens with zero attached hydrogens (tertiary/aromatic N) is 3. The minimum Gasteiger partial charge on any atom is -0.343 e. The third kappa shape index (κ3) is 3.81. The molecule has 1 N–H and O–H groups in total. The van der Waals surface area contributed by atoms with Crippen molar-refractivity contribution in [3.05, 3.63) is 32.6 Å². The highest BCUT2D eigenvalue weighted by Crippen LogP contribution is 1.93. The van der Waals surface area contributed by atoms with Crippen LogP contribution in [0.3, 0.4) is 0 Å². The summed E-state index contributed by atoms with van der Waals surface area (Å²) in [7, 11) is 1.57. The Labute approximate surface area is 110 Å². The van der Waals surface area contributed by atoms with E-state index in [0.717, 1.165) is 0 Å². The summed E-state index contributed by atoms with van der Waals surface area (Å²) in [6, 6.07) is 1.94. The van der Waals surface area contributed by atoms with E-state index in [1.54, 1.807) is 14.0 Å². The fraction of sp³-hybridized carbons (Fsp3) is 0.500. The van der Waals surface area contributed by atoms with Crippen molar-refractivity contribution < 1.29 is 4.79 Å². The third-order valence-corrected chi connectivity index (χ3v) is 2.76. The number of aromatic nitrogens is 2. The van der Waals surface area contributed by atoms with E-state index in [9.17, 15) is 14.4 Å². The Morgan fingerprint density at radius 2 is 2.21 bits per heavy atom. The van der Waals surface area contributed by atoms with Crippen LogP contribution in [0.4, 0.5) is 0 Å². The van der Waals surface area contributed by atoms with E-state index < -0.39 is 11.2 Å². The lowest BCUT2D eigenvalue weighted by Crippen LogP contribution is -2.37. The molecule has 102 valence electrons. The number of H-pyrrole nitrogens is 1. The standard InChI is InChI=1S/C12H16N4O3/c1-3-9-7-16(12(19)14-11(9)18)8-10(17)15(2)6-4-5-13/h7H,3-4,6,8H2,1-2H3,(H,14,18,19). The Hall–Kier alpha value is -2.36. The van der Waals surface area contributed by atoms with Crippen LogP contribution in [0.25, 0.3) is 0 Å². The number of carbonyl (C=O) groups excluding carboxylic acids is 1. The van der Waals surface area contributed by atoms with E-state index in [1.807, 2.05) is 6.07 Å². The van der Waals surface area contributed by atoms with Gasteiger partial charge >= 0.3 is 5.69 Å². The number of nitrogens with one attached hydrogen (secondary N) is 1. The van der Waals surface area contributed by atoms with Gasteiger partial charge in [0, 0.05) is 25.4 Å². The van der Waals surface area contributed by atoms with E-state index in [4.69, 9.17) is 5.26 Å². The molecule has 1 aromatic rings. The third-order valence-electron chi connectivity index (χ3n) is 2.76. The van der Waals surface area contributed by atoms with Gasteiger partial charge in [0.05, 0.1) is 12.5 Å². The predicted molar refractivity (Wildman–Crippen MR) is 68.6 cm³/mol. The van der Waals surface area contributed by atoms with Crippen LogP contribution >= 0.6 is 0 Å². The first-order chi connectivity index (χ1) is 8.99. The summed E-state index contributed by atoms with van der Waals surface area (Å²) in [5.41, 5.74) is -0.578. The summed E-state index contributed by atoms with van der Waals surface area (Å²) in [5.74, 6) is -0.286. The van der Waals surface area contributed by atoms with E-state index in [-0.39, 0.29) is 18.9 Å². The Morgan fingerprint density at radius 1 is 1.53 bits per heavy atom. The molecule has 0 saturated heterocycles. The molecule has 1 heterocycles. The monoisotopic (exact) mass is 264 g/mol. The summed E-state index contributed by atoms with van der Waals surface area (Å²) in [6.45, 7) is 1.96. The van der Waals surface area contributed by atoms with Crippen LogP contribution in [0.1, 0.15) is 18.9 Å². The normalized spacial score (nSPS) is 9.95. The molecular weight excluding hydrogens is 248 g/mol. The zero-order chi connectivity index (χ0) is 14.4. The molecule has 0 atom stereocenters. The molecule has 19 heavy (non-hydrogen) atoms. The SMILES string of the molecule is CCc1cn(CC(=O)N(C)CCC#N)c(=O)[nH]c1=O. The van der Waals surface area contributed by atoms with Gasteiger partial charge < -0.3 is 4.90 Å². The average Bonchev–Trinajstić information content (AvgIpc) is 2.38. The first kappa shape index (κ1) is 14.7. The van der Waals surface area contributed by atoms with Crippen molar-refractivity contribution in [3.63, 3.8) is 0 Å². The van der Waals surface area contributed by atoms with Gasteiger partial charge in [-0.3, -0.25) is 19.1 Å². The van der Waals surface area contributed by atoms with Gasteiger partial charge in [-0.05, 0) is 6.42 Å². The van der Waals surface area contributed by atoms with Crippen LogP contribution in [0.2, 0.25) is 0 Å². The zero-order valence-electron chi connectivity index (χ0n) is 11.0. The van der Waals surface area contributed by atoms with Crippen LogP contribution in [0.5, 0.6) is 0 Å². The Bertz CT molecular complexity index is 609. The number of amides is 1. The number of likely N-dealkylation sites (N-methyl/N-ethyl adjacent to an activating group) is 1. The highest BCUT2D eigenvalue weighted by atomic mass is 16.2. The molecule has 0 radical (unpaired) electrons. The molecule has 0 aliphatic carbocycles. The van der Waals surface area contributed by atoms with Crippen molar-refractivity contribution in [2.45, 2.75) is 26.3 Å². The fourth-order valence-electron chi connectivity index (χ4n) is 1.53. The van der Waals surface area contributed by atoms with Crippen molar-refractivity contribution in [3.8, 4) is 6.07 Å². The number of aromatic amines is 1. The highest BCUT2D eigenvalue weighted by molar-refractivity contribution is 5.75. The van der Waals surface area contributed by atoms with E-state index >= 15 is 0 Å². The molecule has 1 aromatic heterocycles. The quantitative estimate of drug-likeness (QED) is 0.772. The number of nitriles is 1. The molecule has 7 nitrogen and oxygen atoms in total. The van der Waals surface area contributed by atoms with Crippen LogP contribution in [-0.2, 0) is 17.8 Å². The molecule has 0 aliphatic heterocycles. The lowest BCUT2D eigenvalue weighted by Gasteiger charge is -2.16. The number of hydrogen-bond acceptors (Lipinski definition) is 4. The largest absolute Gasteiger partial charge is 0.343 e. The number of rotatable bonds is 5. The first-order valence-electron chi connectivity index (χ1n) is 5.93. The smallest absolute Gasteiger partial charge is 0.328 e. The lowest BCUT2D eigenvalue weighted by atomic mass is 10.2. The van der Waals surface area contributed by atoms with E-state index in [0.29, 0.717) is 18.5 Å². The van der Waals surface area contributed by atoms with Gasteiger partial charge in [-0.2, -0.15) is 5.26 Å². The van der Waals surface area contributed by atoms with Crippen LogP contribution < -0.4 is 11.2 Å². The van der Waals surface area contributed by atoms with E-state index in [1.165, 1.54) is 15.7 Å². The molecule has 0 fully saturated rings. The molecule has 7 heteroatoms. The molecule has 0 unspecified atom stereocenters. The summed E-state index contributed by atoms with van der Waals surface area (Å²) < 4.78 is 1.17. The number of hydrogen-bond donors (Lipinski definition) is 1. The van der Waals surface area contributed by atoms with Crippen LogP contribution in [0, 0.1) is 11.3 Å². The number of aryl methyl sites for hydroxylation is 1. The van der Waals surface area contributed by atoms with E-state index in [2.05, 4.69) is 4.98 Å². The predicted octanol–water partition coefficient (Wildman–Crippen LogP) is -0.529. The molecular formula is C12H16N4O3. The second-order valence-electron chi connectivity index (χ2n) is 4.12. The molecule has 0 saturated carbocycles. The maximum Gasteiger partial charge on any atom is 0.328 e. The average molecular weight is 264 g/mol. The molecule has 0 spiro atoms. The zero-order valence-corrected chi connectivity index (χ0v) is 11.0. The fourth-order valence-corrected chi connectivity index (χ4v) is 1.53. The van der Waals surface area contributed by atoms with Gasteiger partial charge in [-0.25, -0.2) is 4.79 Å².